The van der Waals surface area contributed by atoms with E-state index in [4.69, 9.17) is 11.6 Å². The minimum Gasteiger partial charge on any atom is -0.349 e. The van der Waals surface area contributed by atoms with Crippen molar-refractivity contribution in [3.63, 3.8) is 0 Å². The first-order valence-electron chi connectivity index (χ1n) is 9.47. The Hall–Kier alpha value is -2.33. The van der Waals surface area contributed by atoms with Crippen molar-refractivity contribution in [2.75, 3.05) is 11.4 Å². The van der Waals surface area contributed by atoms with E-state index >= 15 is 0 Å². The van der Waals surface area contributed by atoms with Gasteiger partial charge in [-0.15, -0.1) is 0 Å². The third-order valence-corrected chi connectivity index (χ3v) is 6.06. The maximum Gasteiger partial charge on any atom is 0.227 e. The number of carbonyl (C=O) groups is 2. The molecule has 0 radical (unpaired) electrons. The minimum atomic E-state index is -0.327. The second-order valence-electron chi connectivity index (χ2n) is 7.49. The Kier molecular flexibility index (Phi) is 4.92. The number of rotatable bonds is 3. The first kappa shape index (κ1) is 18.1. The van der Waals surface area contributed by atoms with Gasteiger partial charge in [-0.1, -0.05) is 41.9 Å². The number of nitrogens with zero attached hydrogens (tertiary/aromatic N) is 1. The molecule has 4 nitrogen and oxygen atoms in total. The van der Waals surface area contributed by atoms with Gasteiger partial charge >= 0.3 is 0 Å². The number of aryl methyl sites for hydroxylation is 2. The van der Waals surface area contributed by atoms with Gasteiger partial charge in [0.15, 0.2) is 0 Å². The molecule has 0 saturated carbocycles. The van der Waals surface area contributed by atoms with Gasteiger partial charge < -0.3 is 10.2 Å². The normalized spacial score (nSPS) is 21.9. The molecule has 1 saturated heterocycles. The summed E-state index contributed by atoms with van der Waals surface area (Å²) in [6.45, 7) is 2.33. The van der Waals surface area contributed by atoms with Crippen LogP contribution in [0.4, 0.5) is 5.69 Å². The number of amides is 2. The van der Waals surface area contributed by atoms with Crippen molar-refractivity contribution in [3.8, 4) is 0 Å². The first-order valence-corrected chi connectivity index (χ1v) is 9.85. The highest BCUT2D eigenvalue weighted by Crippen LogP contribution is 2.32. The van der Waals surface area contributed by atoms with Crippen LogP contribution >= 0.6 is 11.6 Å². The van der Waals surface area contributed by atoms with Gasteiger partial charge in [0, 0.05) is 23.7 Å². The molecule has 0 bridgehead atoms. The van der Waals surface area contributed by atoms with E-state index in [1.807, 2.05) is 31.2 Å². The third kappa shape index (κ3) is 3.59. The number of hydrogen-bond donors (Lipinski definition) is 1. The van der Waals surface area contributed by atoms with Crippen molar-refractivity contribution in [2.45, 2.75) is 38.6 Å². The van der Waals surface area contributed by atoms with Crippen LogP contribution in [0.1, 0.15) is 42.0 Å². The number of fused-ring (bicyclic) bond motifs is 1. The van der Waals surface area contributed by atoms with Gasteiger partial charge in [0.2, 0.25) is 11.8 Å². The summed E-state index contributed by atoms with van der Waals surface area (Å²) in [5.74, 6) is -0.392. The summed E-state index contributed by atoms with van der Waals surface area (Å²) in [6, 6.07) is 13.9. The van der Waals surface area contributed by atoms with E-state index in [0.717, 1.165) is 30.5 Å². The zero-order valence-electron chi connectivity index (χ0n) is 15.4. The fourth-order valence-electron chi connectivity index (χ4n) is 4.08. The van der Waals surface area contributed by atoms with Gasteiger partial charge in [-0.3, -0.25) is 9.59 Å². The molecule has 0 spiro atoms. The second kappa shape index (κ2) is 7.35. The largest absolute Gasteiger partial charge is 0.349 e. The molecule has 1 fully saturated rings. The van der Waals surface area contributed by atoms with E-state index in [2.05, 4.69) is 17.4 Å². The Morgan fingerprint density at radius 2 is 2.04 bits per heavy atom. The molecule has 1 heterocycles. The number of anilines is 1. The summed E-state index contributed by atoms with van der Waals surface area (Å²) in [4.78, 5) is 27.0. The highest BCUT2D eigenvalue weighted by atomic mass is 35.5. The van der Waals surface area contributed by atoms with Crippen LogP contribution in [0.25, 0.3) is 0 Å². The summed E-state index contributed by atoms with van der Waals surface area (Å²) in [6.07, 6.45) is 3.32. The average Bonchev–Trinajstić information content (AvgIpc) is 3.06. The fourth-order valence-corrected chi connectivity index (χ4v) is 4.25. The Labute approximate surface area is 164 Å². The number of nitrogens with one attached hydrogen (secondary N) is 1. The van der Waals surface area contributed by atoms with E-state index < -0.39 is 0 Å². The van der Waals surface area contributed by atoms with Gasteiger partial charge in [0.05, 0.1) is 12.0 Å². The minimum absolute atomic E-state index is 0.0286. The van der Waals surface area contributed by atoms with E-state index in [1.54, 1.807) is 11.0 Å². The van der Waals surface area contributed by atoms with Crippen LogP contribution in [-0.4, -0.2) is 18.4 Å². The highest BCUT2D eigenvalue weighted by molar-refractivity contribution is 6.31. The Morgan fingerprint density at radius 1 is 1.22 bits per heavy atom. The van der Waals surface area contributed by atoms with Crippen molar-refractivity contribution >= 4 is 29.1 Å². The molecule has 1 N–H and O–H groups in total. The molecular weight excluding hydrogens is 360 g/mol. The zero-order chi connectivity index (χ0) is 19.0. The summed E-state index contributed by atoms with van der Waals surface area (Å²) < 4.78 is 0. The topological polar surface area (TPSA) is 49.4 Å². The predicted octanol–water partition coefficient (Wildman–Crippen LogP) is 4.20. The molecular formula is C22H23ClN2O2. The van der Waals surface area contributed by atoms with Crippen molar-refractivity contribution in [2.24, 2.45) is 5.92 Å². The van der Waals surface area contributed by atoms with Crippen molar-refractivity contribution in [3.05, 3.63) is 64.2 Å². The second-order valence-corrected chi connectivity index (χ2v) is 7.90. The van der Waals surface area contributed by atoms with Crippen LogP contribution < -0.4 is 10.2 Å². The van der Waals surface area contributed by atoms with Gasteiger partial charge in [-0.05, 0) is 55.0 Å². The predicted molar refractivity (Wildman–Crippen MR) is 107 cm³/mol. The molecule has 1 aliphatic carbocycles. The quantitative estimate of drug-likeness (QED) is 0.865. The maximum atomic E-state index is 12.9. The van der Waals surface area contributed by atoms with Crippen LogP contribution in [0.5, 0.6) is 0 Å². The number of carbonyl (C=O) groups excluding carboxylic acids is 2. The van der Waals surface area contributed by atoms with E-state index in [0.29, 0.717) is 11.6 Å². The molecule has 0 aromatic heterocycles. The fraction of sp³-hybridized carbons (Fsp3) is 0.364. The summed E-state index contributed by atoms with van der Waals surface area (Å²) in [5, 5.41) is 3.82. The molecule has 4 rings (SSSR count). The smallest absolute Gasteiger partial charge is 0.227 e. The lowest BCUT2D eigenvalue weighted by molar-refractivity contribution is -0.127. The molecule has 0 unspecified atom stereocenters. The lowest BCUT2D eigenvalue weighted by Crippen LogP contribution is -2.36. The van der Waals surface area contributed by atoms with Gasteiger partial charge in [0.1, 0.15) is 0 Å². The number of benzene rings is 2. The first-order chi connectivity index (χ1) is 13.0. The van der Waals surface area contributed by atoms with E-state index in [9.17, 15) is 9.59 Å². The van der Waals surface area contributed by atoms with Crippen LogP contribution in [0.15, 0.2) is 42.5 Å². The Bertz CT molecular complexity index is 896. The lowest BCUT2D eigenvalue weighted by atomic mass is 9.87. The molecule has 2 amide bonds. The number of halogens is 1. The molecule has 1 aliphatic heterocycles. The van der Waals surface area contributed by atoms with Gasteiger partial charge in [-0.25, -0.2) is 0 Å². The van der Waals surface area contributed by atoms with Crippen molar-refractivity contribution < 1.29 is 9.59 Å². The standard InChI is InChI=1S/C22H23ClN2O2/c1-14-9-10-17(12-19(14)23)25-13-16(11-21(25)26)22(27)24-20-8-4-6-15-5-2-3-7-18(15)20/h2-3,5,7,9-10,12,16,20H,4,6,8,11,13H2,1H3,(H,24,27)/t16-,20+/m1/s1. The average molecular weight is 383 g/mol. The zero-order valence-corrected chi connectivity index (χ0v) is 16.1. The lowest BCUT2D eigenvalue weighted by Gasteiger charge is -2.27. The Morgan fingerprint density at radius 3 is 2.85 bits per heavy atom. The van der Waals surface area contributed by atoms with Crippen LogP contribution in [-0.2, 0) is 16.0 Å². The van der Waals surface area contributed by atoms with E-state index in [-0.39, 0.29) is 30.2 Å². The molecule has 140 valence electrons. The molecule has 2 atom stereocenters. The van der Waals surface area contributed by atoms with Crippen molar-refractivity contribution in [1.29, 1.82) is 0 Å². The molecule has 2 aliphatic rings. The highest BCUT2D eigenvalue weighted by Gasteiger charge is 2.36. The van der Waals surface area contributed by atoms with Crippen LogP contribution in [0, 0.1) is 12.8 Å². The van der Waals surface area contributed by atoms with Gasteiger partial charge in [0.25, 0.3) is 0 Å². The maximum absolute atomic E-state index is 12.9. The monoisotopic (exact) mass is 382 g/mol. The van der Waals surface area contributed by atoms with Gasteiger partial charge in [-0.2, -0.15) is 0 Å². The molecule has 27 heavy (non-hydrogen) atoms. The summed E-state index contributed by atoms with van der Waals surface area (Å²) >= 11 is 6.20. The Balaban J connectivity index is 1.46. The molecule has 5 heteroatoms. The van der Waals surface area contributed by atoms with Crippen molar-refractivity contribution in [1.82, 2.24) is 5.32 Å². The van der Waals surface area contributed by atoms with Crippen LogP contribution in [0.3, 0.4) is 0 Å². The summed E-state index contributed by atoms with van der Waals surface area (Å²) in [5.41, 5.74) is 4.25. The molecule has 2 aromatic carbocycles. The SMILES string of the molecule is Cc1ccc(N2C[C@H](C(=O)N[C@H]3CCCc4ccccc43)CC2=O)cc1Cl. The number of hydrogen-bond acceptors (Lipinski definition) is 2. The van der Waals surface area contributed by atoms with Crippen LogP contribution in [0.2, 0.25) is 5.02 Å². The third-order valence-electron chi connectivity index (χ3n) is 5.65. The molecule has 2 aromatic rings. The summed E-state index contributed by atoms with van der Waals surface area (Å²) in [7, 11) is 0. The van der Waals surface area contributed by atoms with E-state index in [1.165, 1.54) is 11.1 Å².